The van der Waals surface area contributed by atoms with Gasteiger partial charge < -0.3 is 102 Å². The van der Waals surface area contributed by atoms with E-state index in [1.165, 1.54) is 20.8 Å². The molecule has 2 aromatic rings. The number of para-hydroxylation sites is 1. The minimum Gasteiger partial charge on any atom is -0.481 e. The first-order valence-corrected chi connectivity index (χ1v) is 29.6. The zero-order valence-electron chi connectivity index (χ0n) is 50.7. The van der Waals surface area contributed by atoms with Crippen LogP contribution in [0.4, 0.5) is 0 Å². The van der Waals surface area contributed by atoms with Crippen LogP contribution in [-0.4, -0.2) is 195 Å². The van der Waals surface area contributed by atoms with E-state index in [0.29, 0.717) is 42.3 Å². The molecule has 1 heterocycles. The van der Waals surface area contributed by atoms with Gasteiger partial charge in [-0.15, -0.1) is 0 Å². The van der Waals surface area contributed by atoms with Crippen molar-refractivity contribution in [3.8, 4) is 0 Å². The molecule has 0 aliphatic carbocycles. The summed E-state index contributed by atoms with van der Waals surface area (Å²) in [5, 5.41) is 55.0. The molecule has 12 atom stereocenters. The van der Waals surface area contributed by atoms with Crippen LogP contribution in [0, 0.1) is 11.8 Å². The highest BCUT2D eigenvalue weighted by Crippen LogP contribution is 2.20. The molecule has 33 nitrogen and oxygen atoms in total. The number of fused-ring (bicyclic) bond motifs is 1. The molecule has 0 radical (unpaired) electrons. The van der Waals surface area contributed by atoms with Crippen molar-refractivity contribution in [3.63, 3.8) is 0 Å². The monoisotopic (exact) mass is 1280 g/mol. The van der Waals surface area contributed by atoms with E-state index in [-0.39, 0.29) is 43.9 Å². The number of rotatable bonds is 41. The highest BCUT2D eigenvalue weighted by molar-refractivity contribution is 7.80. The zero-order chi connectivity index (χ0) is 67.2. The van der Waals surface area contributed by atoms with Crippen LogP contribution < -0.4 is 81.8 Å². The van der Waals surface area contributed by atoms with Crippen molar-refractivity contribution in [1.29, 1.82) is 0 Å². The average molecular weight is 1280 g/mol. The minimum absolute atomic E-state index is 0.0340. The summed E-state index contributed by atoms with van der Waals surface area (Å²) in [5.74, 6) is -15.4. The number of carbonyl (C=O) groups is 13. The van der Waals surface area contributed by atoms with E-state index < -0.39 is 181 Å². The molecule has 24 N–H and O–H groups in total. The molecule has 0 saturated heterocycles. The lowest BCUT2D eigenvalue weighted by Crippen LogP contribution is -2.62. The summed E-state index contributed by atoms with van der Waals surface area (Å²) in [4.78, 5) is 180. The molecule has 0 spiro atoms. The average Bonchev–Trinajstić information content (AvgIpc) is 3.44. The number of H-pyrrole nitrogens is 1. The number of nitrogens with one attached hydrogen (secondary N) is 11. The van der Waals surface area contributed by atoms with Gasteiger partial charge in [0.1, 0.15) is 54.4 Å². The number of primary amides is 1. The molecule has 1 aromatic heterocycles. The quantitative estimate of drug-likeness (QED) is 0.0128. The number of thiol groups is 1. The Hall–Kier alpha value is -8.63. The largest absolute Gasteiger partial charge is 0.481 e. The third-order valence-corrected chi connectivity index (χ3v) is 14.4. The van der Waals surface area contributed by atoms with Crippen LogP contribution in [0.3, 0.4) is 0 Å². The van der Waals surface area contributed by atoms with E-state index in [9.17, 15) is 77.6 Å². The Labute approximate surface area is 519 Å². The Bertz CT molecular complexity index is 2810. The zero-order valence-corrected chi connectivity index (χ0v) is 51.6. The number of aliphatic imine (C=N–C) groups is 1. The fraction of sp³-hybridized carbons (Fsp3) is 0.600. The highest BCUT2D eigenvalue weighted by Gasteiger charge is 2.37. The van der Waals surface area contributed by atoms with Crippen molar-refractivity contribution >= 4 is 106 Å². The molecule has 11 amide bonds. The standard InChI is InChI=1S/C55H89N17O16S/c1-7-27(4)43(52(85)67-36(54(87)88)16-12-20-61-55(59)60)72-49(82)37(21-30-23-62-33-14-9-8-13-31(30)33)68-45(78)28(5)64-48(81)35(17-18-39(58)74)66-51(84)42(26(2)3)71-50(83)38(22-41(76)77)69-53(86)44(29(6)73)70-40(75)24-63-47(80)34(15-10-11-19-56)65-46(79)32(57)25-89/h8-9,13-14,23,26-29,32,34-38,42-44,62,73,89H,7,10-12,15-22,24-25,56-57H2,1-6H3,(H2,58,74)(H,63,80)(H,64,81)(H,65,79)(H,66,84)(H,67,85)(H,68,78)(H,69,86)(H,70,75)(H,71,83)(H,72,82)(H,76,77)(H,87,88)(H4,59,60,61)/t27-,28-,29+,32-,34-,35-,36-,37-,38-,42-,43-,44-/m0/s1. The van der Waals surface area contributed by atoms with Crippen molar-refractivity contribution in [1.82, 2.24) is 58.2 Å². The van der Waals surface area contributed by atoms with Crippen molar-refractivity contribution in [2.45, 2.75) is 172 Å². The molecule has 89 heavy (non-hydrogen) atoms. The molecule has 0 bridgehead atoms. The van der Waals surface area contributed by atoms with Gasteiger partial charge in [0, 0.05) is 42.2 Å². The molecular weight excluding hydrogens is 1190 g/mol. The minimum atomic E-state index is -1.98. The molecule has 0 aliphatic heterocycles. The van der Waals surface area contributed by atoms with Crippen molar-refractivity contribution in [2.75, 3.05) is 25.4 Å². The fourth-order valence-electron chi connectivity index (χ4n) is 8.68. The predicted octanol–water partition coefficient (Wildman–Crippen LogP) is -5.44. The first kappa shape index (κ1) is 76.5. The fourth-order valence-corrected chi connectivity index (χ4v) is 8.84. The van der Waals surface area contributed by atoms with E-state index in [0.717, 1.165) is 6.92 Å². The van der Waals surface area contributed by atoms with Gasteiger partial charge in [-0.05, 0) is 82.4 Å². The number of carboxylic acid groups (broad SMARTS) is 2. The lowest BCUT2D eigenvalue weighted by molar-refractivity contribution is -0.143. The summed E-state index contributed by atoms with van der Waals surface area (Å²) in [6.45, 7) is 8.22. The normalized spacial score (nSPS) is 15.2. The SMILES string of the molecule is CC[C@H](C)[C@H](NC(=O)[C@H](Cc1c[nH]c2ccccc12)NC(=O)[C@H](C)NC(=O)[C@H](CCC(N)=O)NC(=O)[C@@H](NC(=O)[C@H](CC(=O)O)NC(=O)[C@@H](NC(=O)CNC(=O)[C@H](CCCCN)NC(=O)[C@@H](N)CS)[C@@H](C)O)C(C)C)C(=O)N[C@@H](CCCN=C(N)N)C(=O)O. The summed E-state index contributed by atoms with van der Waals surface area (Å²) >= 11 is 3.98. The molecule has 0 aliphatic rings. The molecule has 2 rings (SSSR count). The summed E-state index contributed by atoms with van der Waals surface area (Å²) in [6.07, 6.45) is -0.841. The lowest BCUT2D eigenvalue weighted by atomic mass is 9.96. The Kier molecular flexibility index (Phi) is 33.2. The number of aliphatic hydroxyl groups excluding tert-OH is 1. The van der Waals surface area contributed by atoms with Gasteiger partial charge in [-0.25, -0.2) is 4.79 Å². The number of guanidine groups is 1. The first-order chi connectivity index (χ1) is 41.8. The third-order valence-electron chi connectivity index (χ3n) is 14.0. The van der Waals surface area contributed by atoms with Crippen LogP contribution in [0.5, 0.6) is 0 Å². The van der Waals surface area contributed by atoms with Crippen LogP contribution in [-0.2, 0) is 68.7 Å². The summed E-state index contributed by atoms with van der Waals surface area (Å²) in [5.41, 5.74) is 28.7. The number of aromatic nitrogens is 1. The molecule has 34 heteroatoms. The van der Waals surface area contributed by atoms with Gasteiger partial charge >= 0.3 is 11.9 Å². The molecule has 0 unspecified atom stereocenters. The number of unbranched alkanes of at least 4 members (excludes halogenated alkanes) is 1. The topological polar surface area (TPSA) is 561 Å². The number of hydrogen-bond acceptors (Lipinski definition) is 18. The van der Waals surface area contributed by atoms with Gasteiger partial charge in [-0.1, -0.05) is 52.3 Å². The van der Waals surface area contributed by atoms with Gasteiger partial charge in [0.15, 0.2) is 5.96 Å². The van der Waals surface area contributed by atoms with Gasteiger partial charge in [-0.2, -0.15) is 12.6 Å². The Balaban J connectivity index is 2.36. The summed E-state index contributed by atoms with van der Waals surface area (Å²) in [7, 11) is 0. The van der Waals surface area contributed by atoms with Gasteiger partial charge in [0.25, 0.3) is 0 Å². The number of carboxylic acids is 2. The molecule has 0 saturated carbocycles. The number of aromatic amines is 1. The van der Waals surface area contributed by atoms with Crippen LogP contribution in [0.2, 0.25) is 0 Å². The van der Waals surface area contributed by atoms with E-state index in [4.69, 9.17) is 28.7 Å². The van der Waals surface area contributed by atoms with Crippen molar-refractivity contribution < 1.29 is 77.6 Å². The van der Waals surface area contributed by atoms with E-state index in [2.05, 4.69) is 75.8 Å². The Morgan fingerprint density at radius 1 is 0.618 bits per heavy atom. The third kappa shape index (κ3) is 26.7. The molecule has 1 aromatic carbocycles. The predicted molar refractivity (Wildman–Crippen MR) is 327 cm³/mol. The van der Waals surface area contributed by atoms with Crippen molar-refractivity contribution in [2.24, 2.45) is 45.5 Å². The van der Waals surface area contributed by atoms with Gasteiger partial charge in [-0.3, -0.25) is 62.5 Å². The second-order valence-corrected chi connectivity index (χ2v) is 22.0. The van der Waals surface area contributed by atoms with E-state index in [1.807, 2.05) is 0 Å². The van der Waals surface area contributed by atoms with Gasteiger partial charge in [0.2, 0.25) is 65.0 Å². The van der Waals surface area contributed by atoms with Crippen LogP contribution in [0.1, 0.15) is 105 Å². The van der Waals surface area contributed by atoms with Gasteiger partial charge in [0.05, 0.1) is 25.1 Å². The Morgan fingerprint density at radius 2 is 1.17 bits per heavy atom. The molecular formula is C55H89N17O16S. The second kappa shape index (κ2) is 38.6. The smallest absolute Gasteiger partial charge is 0.326 e. The van der Waals surface area contributed by atoms with Crippen LogP contribution >= 0.6 is 12.6 Å². The summed E-state index contributed by atoms with van der Waals surface area (Å²) in [6, 6.07) is -7.91. The number of carbonyl (C=O) groups excluding carboxylic acids is 11. The number of aliphatic hydroxyl groups is 1. The van der Waals surface area contributed by atoms with E-state index >= 15 is 0 Å². The second-order valence-electron chi connectivity index (χ2n) is 21.7. The molecule has 496 valence electrons. The Morgan fingerprint density at radius 3 is 1.75 bits per heavy atom. The maximum Gasteiger partial charge on any atom is 0.326 e. The number of nitrogens with two attached hydrogens (primary N) is 5. The van der Waals surface area contributed by atoms with Crippen LogP contribution in [0.25, 0.3) is 10.9 Å². The first-order valence-electron chi connectivity index (χ1n) is 28.9. The number of benzene rings is 1. The lowest BCUT2D eigenvalue weighted by Gasteiger charge is -2.29. The molecule has 0 fully saturated rings. The maximum atomic E-state index is 14.4. The number of nitrogens with zero attached hydrogens (tertiary/aromatic N) is 1. The number of hydrogen-bond donors (Lipinski definition) is 20. The highest BCUT2D eigenvalue weighted by atomic mass is 32.1. The summed E-state index contributed by atoms with van der Waals surface area (Å²) < 4.78 is 0. The van der Waals surface area contributed by atoms with Crippen molar-refractivity contribution in [3.05, 3.63) is 36.0 Å². The van der Waals surface area contributed by atoms with Crippen LogP contribution in [0.15, 0.2) is 35.5 Å². The number of aliphatic carboxylic acids is 2. The number of amides is 11. The maximum absolute atomic E-state index is 14.4. The van der Waals surface area contributed by atoms with E-state index in [1.54, 1.807) is 44.3 Å².